The second kappa shape index (κ2) is 5.65. The molecule has 0 aromatic heterocycles. The fraction of sp³-hybridized carbons (Fsp3) is 1.00. The fourth-order valence-corrected chi connectivity index (χ4v) is 0.629. The summed E-state index contributed by atoms with van der Waals surface area (Å²) in [6.07, 6.45) is 0. The van der Waals surface area contributed by atoms with E-state index >= 15 is 0 Å². The van der Waals surface area contributed by atoms with Crippen LogP contribution in [0.4, 0.5) is 0 Å². The maximum absolute atomic E-state index is 9.15. The van der Waals surface area contributed by atoms with E-state index in [1.54, 1.807) is 0 Å². The summed E-state index contributed by atoms with van der Waals surface area (Å²) in [5, 5.41) is 13.6. The molecular formula is C7H18N2O. The summed E-state index contributed by atoms with van der Waals surface area (Å²) >= 11 is 0. The van der Waals surface area contributed by atoms with Crippen LogP contribution in [0.3, 0.4) is 0 Å². The van der Waals surface area contributed by atoms with Gasteiger partial charge in [0.05, 0.1) is 0 Å². The van der Waals surface area contributed by atoms with Gasteiger partial charge in [-0.2, -0.15) is 5.06 Å². The lowest BCUT2D eigenvalue weighted by molar-refractivity contribution is -0.115. The molecule has 10 heavy (non-hydrogen) atoms. The van der Waals surface area contributed by atoms with Gasteiger partial charge in [0, 0.05) is 19.1 Å². The molecule has 0 aromatic carbocycles. The molecule has 0 aromatic rings. The van der Waals surface area contributed by atoms with E-state index in [0.717, 1.165) is 13.1 Å². The standard InChI is InChI=1S/C7H18N2O/c1-4-8-5-6-9(10)7(2)3/h7-8,10H,4-6H2,1-3H3. The summed E-state index contributed by atoms with van der Waals surface area (Å²) < 4.78 is 0. The molecule has 0 aliphatic rings. The van der Waals surface area contributed by atoms with Gasteiger partial charge in [-0.3, -0.25) is 0 Å². The number of likely N-dealkylation sites (N-methyl/N-ethyl adjacent to an activating group) is 1. The van der Waals surface area contributed by atoms with E-state index in [4.69, 9.17) is 5.21 Å². The molecule has 0 aliphatic carbocycles. The summed E-state index contributed by atoms with van der Waals surface area (Å²) in [6.45, 7) is 8.50. The van der Waals surface area contributed by atoms with Crippen LogP contribution in [0.2, 0.25) is 0 Å². The highest BCUT2D eigenvalue weighted by Crippen LogP contribution is 1.89. The van der Waals surface area contributed by atoms with Gasteiger partial charge in [0.25, 0.3) is 0 Å². The molecule has 2 N–H and O–H groups in total. The summed E-state index contributed by atoms with van der Waals surface area (Å²) in [6, 6.07) is 0.221. The Balaban J connectivity index is 3.13. The van der Waals surface area contributed by atoms with Crippen LogP contribution in [0, 0.1) is 0 Å². The van der Waals surface area contributed by atoms with E-state index in [9.17, 15) is 0 Å². The quantitative estimate of drug-likeness (QED) is 0.442. The first kappa shape index (κ1) is 9.88. The first-order chi connectivity index (χ1) is 4.68. The molecule has 0 heterocycles. The Morgan fingerprint density at radius 2 is 2.10 bits per heavy atom. The Bertz CT molecular complexity index is 76.0. The highest BCUT2D eigenvalue weighted by Gasteiger charge is 2.02. The van der Waals surface area contributed by atoms with Gasteiger partial charge in [-0.25, -0.2) is 0 Å². The Labute approximate surface area is 63.0 Å². The van der Waals surface area contributed by atoms with Gasteiger partial charge < -0.3 is 10.5 Å². The largest absolute Gasteiger partial charge is 0.316 e. The van der Waals surface area contributed by atoms with Gasteiger partial charge in [0.1, 0.15) is 0 Å². The van der Waals surface area contributed by atoms with Crippen molar-refractivity contribution in [1.82, 2.24) is 10.4 Å². The minimum atomic E-state index is 0.221. The van der Waals surface area contributed by atoms with Crippen LogP contribution < -0.4 is 5.32 Å². The summed E-state index contributed by atoms with van der Waals surface area (Å²) in [5.74, 6) is 0. The first-order valence-corrected chi connectivity index (χ1v) is 3.84. The third kappa shape index (κ3) is 4.73. The van der Waals surface area contributed by atoms with Crippen molar-refractivity contribution in [3.05, 3.63) is 0 Å². The van der Waals surface area contributed by atoms with Crippen LogP contribution in [0.15, 0.2) is 0 Å². The molecule has 3 heteroatoms. The zero-order valence-electron chi connectivity index (χ0n) is 7.09. The highest BCUT2D eigenvalue weighted by atomic mass is 16.5. The zero-order valence-corrected chi connectivity index (χ0v) is 7.09. The molecule has 0 radical (unpaired) electrons. The smallest absolute Gasteiger partial charge is 0.0366 e. The molecule has 0 bridgehead atoms. The van der Waals surface area contributed by atoms with Crippen molar-refractivity contribution in [3.63, 3.8) is 0 Å². The van der Waals surface area contributed by atoms with Crippen LogP contribution in [0.5, 0.6) is 0 Å². The maximum Gasteiger partial charge on any atom is 0.0366 e. The predicted molar refractivity (Wildman–Crippen MR) is 42.2 cm³/mol. The number of rotatable bonds is 5. The van der Waals surface area contributed by atoms with E-state index < -0.39 is 0 Å². The Morgan fingerprint density at radius 3 is 2.50 bits per heavy atom. The average molecular weight is 146 g/mol. The van der Waals surface area contributed by atoms with E-state index in [0.29, 0.717) is 6.54 Å². The van der Waals surface area contributed by atoms with E-state index in [-0.39, 0.29) is 6.04 Å². The lowest BCUT2D eigenvalue weighted by Crippen LogP contribution is -2.34. The van der Waals surface area contributed by atoms with Crippen LogP contribution in [0.25, 0.3) is 0 Å². The van der Waals surface area contributed by atoms with Crippen molar-refractivity contribution in [2.24, 2.45) is 0 Å². The van der Waals surface area contributed by atoms with Gasteiger partial charge in [-0.05, 0) is 20.4 Å². The molecule has 0 saturated heterocycles. The first-order valence-electron chi connectivity index (χ1n) is 3.84. The number of nitrogens with one attached hydrogen (secondary N) is 1. The molecule has 0 fully saturated rings. The van der Waals surface area contributed by atoms with Crippen molar-refractivity contribution in [2.75, 3.05) is 19.6 Å². The monoisotopic (exact) mass is 146 g/mol. The summed E-state index contributed by atoms with van der Waals surface area (Å²) in [7, 11) is 0. The summed E-state index contributed by atoms with van der Waals surface area (Å²) in [4.78, 5) is 0. The molecule has 0 atom stereocenters. The minimum Gasteiger partial charge on any atom is -0.316 e. The van der Waals surface area contributed by atoms with Crippen LogP contribution in [-0.4, -0.2) is 35.9 Å². The maximum atomic E-state index is 9.15. The molecule has 3 nitrogen and oxygen atoms in total. The minimum absolute atomic E-state index is 0.221. The van der Waals surface area contributed by atoms with Gasteiger partial charge in [0.15, 0.2) is 0 Å². The molecule has 0 saturated carbocycles. The second-order valence-corrected chi connectivity index (χ2v) is 2.61. The van der Waals surface area contributed by atoms with Crippen LogP contribution in [0.1, 0.15) is 20.8 Å². The molecule has 0 spiro atoms. The third-order valence-electron chi connectivity index (χ3n) is 1.36. The molecule has 0 aliphatic heterocycles. The lowest BCUT2D eigenvalue weighted by atomic mass is 10.4. The van der Waals surface area contributed by atoms with E-state index in [1.807, 2.05) is 13.8 Å². The van der Waals surface area contributed by atoms with Crippen molar-refractivity contribution in [3.8, 4) is 0 Å². The fourth-order valence-electron chi connectivity index (χ4n) is 0.629. The van der Waals surface area contributed by atoms with Crippen LogP contribution in [-0.2, 0) is 0 Å². The van der Waals surface area contributed by atoms with Crippen molar-refractivity contribution >= 4 is 0 Å². The molecule has 0 amide bonds. The molecule has 0 unspecified atom stereocenters. The predicted octanol–water partition coefficient (Wildman–Crippen LogP) is 0.696. The Morgan fingerprint density at radius 1 is 1.50 bits per heavy atom. The Kier molecular flexibility index (Phi) is 5.58. The van der Waals surface area contributed by atoms with Crippen molar-refractivity contribution < 1.29 is 5.21 Å². The average Bonchev–Trinajstić information content (AvgIpc) is 1.88. The van der Waals surface area contributed by atoms with Gasteiger partial charge >= 0.3 is 0 Å². The third-order valence-corrected chi connectivity index (χ3v) is 1.36. The normalized spacial score (nSPS) is 11.4. The molecule has 62 valence electrons. The topological polar surface area (TPSA) is 35.5 Å². The number of hydrogen-bond acceptors (Lipinski definition) is 3. The van der Waals surface area contributed by atoms with Crippen molar-refractivity contribution in [1.29, 1.82) is 0 Å². The highest BCUT2D eigenvalue weighted by molar-refractivity contribution is 4.52. The summed E-state index contributed by atoms with van der Waals surface area (Å²) in [5.41, 5.74) is 0. The SMILES string of the molecule is CCNCCN(O)C(C)C. The van der Waals surface area contributed by atoms with Gasteiger partial charge in [0.2, 0.25) is 0 Å². The number of hydroxylamine groups is 2. The lowest BCUT2D eigenvalue weighted by Gasteiger charge is -2.18. The zero-order chi connectivity index (χ0) is 7.98. The van der Waals surface area contributed by atoms with E-state index in [2.05, 4.69) is 12.2 Å². The van der Waals surface area contributed by atoms with E-state index in [1.165, 1.54) is 5.06 Å². The van der Waals surface area contributed by atoms with Gasteiger partial charge in [-0.1, -0.05) is 6.92 Å². The molecular weight excluding hydrogens is 128 g/mol. The molecule has 0 rings (SSSR count). The van der Waals surface area contributed by atoms with Gasteiger partial charge in [-0.15, -0.1) is 0 Å². The Hall–Kier alpha value is -0.120. The van der Waals surface area contributed by atoms with Crippen molar-refractivity contribution in [2.45, 2.75) is 26.8 Å². The van der Waals surface area contributed by atoms with Crippen LogP contribution >= 0.6 is 0 Å². The number of nitrogens with zero attached hydrogens (tertiary/aromatic N) is 1. The second-order valence-electron chi connectivity index (χ2n) is 2.61. The number of hydrogen-bond donors (Lipinski definition) is 2.